The molecule has 37 heavy (non-hydrogen) atoms. The highest BCUT2D eigenvalue weighted by Gasteiger charge is 2.55. The Morgan fingerprint density at radius 2 is 1.59 bits per heavy atom. The molecule has 4 unspecified atom stereocenters. The molecule has 16 nitrogen and oxygen atoms in total. The summed E-state index contributed by atoms with van der Waals surface area (Å²) in [5, 5.41) is 20.8. The predicted octanol–water partition coefficient (Wildman–Crippen LogP) is -3.10. The van der Waals surface area contributed by atoms with Crippen molar-refractivity contribution in [3.63, 3.8) is 0 Å². The minimum absolute atomic E-state index is 0.0465. The van der Waals surface area contributed by atoms with Gasteiger partial charge in [-0.15, -0.1) is 0 Å². The Bertz CT molecular complexity index is 959. The fourth-order valence-corrected chi connectivity index (χ4v) is 6.16. The molecule has 3 rings (SSSR count). The normalized spacial score (nSPS) is 40.7. The van der Waals surface area contributed by atoms with E-state index < -0.39 is 87.6 Å². The summed E-state index contributed by atoms with van der Waals surface area (Å²) < 4.78 is 110. The zero-order valence-electron chi connectivity index (χ0n) is 20.4. The highest BCUT2D eigenvalue weighted by atomic mass is 32.3. The first-order valence-electron chi connectivity index (χ1n) is 11.3. The lowest BCUT2D eigenvalue weighted by Crippen LogP contribution is -2.65. The molecule has 0 radical (unpaired) electrons. The van der Waals surface area contributed by atoms with Crippen LogP contribution in [0.4, 0.5) is 0 Å². The van der Waals surface area contributed by atoms with Crippen molar-refractivity contribution in [2.24, 2.45) is 11.8 Å². The van der Waals surface area contributed by atoms with Gasteiger partial charge in [-0.3, -0.25) is 8.37 Å². The Hall–Kier alpha value is -0.580. The third-order valence-corrected chi connectivity index (χ3v) is 7.57. The lowest BCUT2D eigenvalue weighted by molar-refractivity contribution is -0.265. The van der Waals surface area contributed by atoms with E-state index in [0.29, 0.717) is 0 Å². The number of aliphatic hydroxyl groups excluding tert-OH is 2. The molecule has 0 aromatic rings. The average Bonchev–Trinajstić information content (AvgIpc) is 3.09. The van der Waals surface area contributed by atoms with Gasteiger partial charge in [-0.05, 0) is 6.92 Å². The minimum Gasteiger partial charge on any atom is -0.726 e. The molecular formula is C19H32O16S2-2. The minimum atomic E-state index is -5.21. The number of rotatable bonds is 13. The van der Waals surface area contributed by atoms with Crippen molar-refractivity contribution in [1.29, 1.82) is 0 Å². The summed E-state index contributed by atoms with van der Waals surface area (Å²) in [6.45, 7) is 0.0193. The van der Waals surface area contributed by atoms with Crippen LogP contribution in [-0.4, -0.2) is 138 Å². The van der Waals surface area contributed by atoms with Crippen molar-refractivity contribution >= 4 is 20.8 Å². The van der Waals surface area contributed by atoms with Crippen LogP contribution >= 0.6 is 0 Å². The van der Waals surface area contributed by atoms with Gasteiger partial charge in [-0.1, -0.05) is 0 Å². The van der Waals surface area contributed by atoms with Gasteiger partial charge in [0.1, 0.15) is 30.0 Å². The summed E-state index contributed by atoms with van der Waals surface area (Å²) in [4.78, 5) is 0. The molecule has 3 aliphatic rings. The molecule has 0 saturated carbocycles. The molecule has 0 spiro atoms. The standard InChI is InChI=1S/C19H34O16S2/c1-19(9-20)18(35-37(25,26)27)11(4-28-2)15(21)13(33-19)7-30-5-10-12-8-31-16(10)17(34-36(22,23)24)14(32-12)6-29-3/h10-18,20-21H,4-9H2,1-3H3,(H,22,23,24)(H,25,26,27)/p-2/t10-,11-,12?,13-,14+,15?,16+,17?,18+,19?/m0/s1. The van der Waals surface area contributed by atoms with Crippen molar-refractivity contribution < 1.29 is 72.9 Å². The van der Waals surface area contributed by atoms with E-state index >= 15 is 0 Å². The van der Waals surface area contributed by atoms with E-state index in [-0.39, 0.29) is 33.0 Å². The van der Waals surface area contributed by atoms with Crippen LogP contribution in [0.5, 0.6) is 0 Å². The summed E-state index contributed by atoms with van der Waals surface area (Å²) in [7, 11) is -7.63. The molecule has 3 saturated heterocycles. The number of fused-ring (bicyclic) bond motifs is 2. The molecule has 0 aromatic heterocycles. The van der Waals surface area contributed by atoms with Crippen molar-refractivity contribution in [2.75, 3.05) is 53.9 Å². The number of methoxy groups -OCH3 is 2. The summed E-state index contributed by atoms with van der Waals surface area (Å²) >= 11 is 0. The molecule has 2 N–H and O–H groups in total. The Balaban J connectivity index is 1.70. The van der Waals surface area contributed by atoms with Crippen LogP contribution in [0.1, 0.15) is 6.92 Å². The van der Waals surface area contributed by atoms with E-state index in [2.05, 4.69) is 8.37 Å². The maximum absolute atomic E-state index is 11.3. The number of aliphatic hydroxyl groups is 2. The van der Waals surface area contributed by atoms with Crippen LogP contribution in [0.15, 0.2) is 0 Å². The van der Waals surface area contributed by atoms with Crippen LogP contribution in [0, 0.1) is 11.8 Å². The van der Waals surface area contributed by atoms with Crippen LogP contribution in [0.2, 0.25) is 0 Å². The predicted molar refractivity (Wildman–Crippen MR) is 115 cm³/mol. The molecule has 0 aromatic carbocycles. The Labute approximate surface area is 214 Å². The van der Waals surface area contributed by atoms with Gasteiger partial charge in [0.15, 0.2) is 0 Å². The van der Waals surface area contributed by atoms with E-state index in [1.807, 2.05) is 0 Å². The topological polar surface area (TPSA) is 229 Å². The van der Waals surface area contributed by atoms with Crippen LogP contribution < -0.4 is 0 Å². The molecule has 3 heterocycles. The zero-order chi connectivity index (χ0) is 27.6. The van der Waals surface area contributed by atoms with Gasteiger partial charge in [0, 0.05) is 26.1 Å². The monoisotopic (exact) mass is 580 g/mol. The van der Waals surface area contributed by atoms with E-state index in [1.165, 1.54) is 21.1 Å². The van der Waals surface area contributed by atoms with E-state index in [0.717, 1.165) is 0 Å². The second-order valence-electron chi connectivity index (χ2n) is 9.30. The van der Waals surface area contributed by atoms with Gasteiger partial charge in [-0.25, -0.2) is 16.8 Å². The first-order valence-corrected chi connectivity index (χ1v) is 14.0. The molecule has 10 atom stereocenters. The third kappa shape index (κ3) is 7.54. The molecule has 3 fully saturated rings. The smallest absolute Gasteiger partial charge is 0.218 e. The van der Waals surface area contributed by atoms with Gasteiger partial charge in [0.2, 0.25) is 20.8 Å². The molecule has 0 aliphatic carbocycles. The van der Waals surface area contributed by atoms with Crippen LogP contribution in [-0.2, 0) is 57.6 Å². The van der Waals surface area contributed by atoms with E-state index in [9.17, 15) is 36.2 Å². The SMILES string of the molecule is COC[C@H]1OC2CO[C@@H](C1OS(=O)(=O)[O-])[C@H]2COC[C@@H]1OC(C)(CO)[C@H](OS(=O)(=O)[O-])[C@@H](COC)C1O. The van der Waals surface area contributed by atoms with Crippen LogP contribution in [0.25, 0.3) is 0 Å². The Morgan fingerprint density at radius 3 is 2.16 bits per heavy atom. The lowest BCUT2D eigenvalue weighted by Gasteiger charge is -2.49. The molecular weight excluding hydrogens is 548 g/mol. The molecule has 0 amide bonds. The summed E-state index contributed by atoms with van der Waals surface area (Å²) in [6.07, 6.45) is -7.63. The maximum atomic E-state index is 11.3. The highest BCUT2D eigenvalue weighted by molar-refractivity contribution is 7.81. The summed E-state index contributed by atoms with van der Waals surface area (Å²) in [6, 6.07) is 0. The quantitative estimate of drug-likeness (QED) is 0.162. The van der Waals surface area contributed by atoms with E-state index in [1.54, 1.807) is 0 Å². The zero-order valence-corrected chi connectivity index (χ0v) is 22.0. The largest absolute Gasteiger partial charge is 0.726 e. The van der Waals surface area contributed by atoms with Crippen molar-refractivity contribution in [2.45, 2.75) is 55.3 Å². The Kier molecular flexibility index (Phi) is 10.3. The average molecular weight is 581 g/mol. The third-order valence-electron chi connectivity index (χ3n) is 6.67. The first-order chi connectivity index (χ1) is 17.2. The maximum Gasteiger partial charge on any atom is 0.218 e. The fraction of sp³-hybridized carbons (Fsp3) is 1.00. The number of hydrogen-bond donors (Lipinski definition) is 2. The number of ether oxygens (including phenoxy) is 6. The lowest BCUT2D eigenvalue weighted by atomic mass is 9.80. The van der Waals surface area contributed by atoms with Crippen molar-refractivity contribution in [3.05, 3.63) is 0 Å². The van der Waals surface area contributed by atoms with Gasteiger partial charge >= 0.3 is 0 Å². The van der Waals surface area contributed by atoms with Crippen LogP contribution in [0.3, 0.4) is 0 Å². The Morgan fingerprint density at radius 1 is 0.946 bits per heavy atom. The molecule has 2 bridgehead atoms. The van der Waals surface area contributed by atoms with Gasteiger partial charge in [0.25, 0.3) is 0 Å². The highest BCUT2D eigenvalue weighted by Crippen LogP contribution is 2.39. The van der Waals surface area contributed by atoms with Gasteiger partial charge in [-0.2, -0.15) is 0 Å². The van der Waals surface area contributed by atoms with Crippen molar-refractivity contribution in [3.8, 4) is 0 Å². The summed E-state index contributed by atoms with van der Waals surface area (Å²) in [5.74, 6) is -1.64. The summed E-state index contributed by atoms with van der Waals surface area (Å²) in [5.41, 5.74) is -1.71. The second-order valence-corrected chi connectivity index (χ2v) is 11.3. The molecule has 18 heteroatoms. The molecule has 3 aliphatic heterocycles. The van der Waals surface area contributed by atoms with E-state index in [4.69, 9.17) is 28.4 Å². The second kappa shape index (κ2) is 12.3. The van der Waals surface area contributed by atoms with Gasteiger partial charge < -0.3 is 47.7 Å². The number of hydrogen-bond acceptors (Lipinski definition) is 16. The first kappa shape index (κ1) is 31.0. The van der Waals surface area contributed by atoms with Gasteiger partial charge in [0.05, 0.1) is 58.0 Å². The fourth-order valence-electron chi connectivity index (χ4n) is 5.06. The van der Waals surface area contributed by atoms with Crippen molar-refractivity contribution in [1.82, 2.24) is 0 Å². The molecule has 218 valence electrons.